The zero-order valence-corrected chi connectivity index (χ0v) is 10.6. The summed E-state index contributed by atoms with van der Waals surface area (Å²) in [5, 5.41) is 6.49. The van der Waals surface area contributed by atoms with Gasteiger partial charge in [-0.05, 0) is 13.0 Å². The van der Waals surface area contributed by atoms with Crippen LogP contribution in [0.5, 0.6) is 0 Å². The van der Waals surface area contributed by atoms with E-state index < -0.39 is 5.60 Å². The van der Waals surface area contributed by atoms with Crippen LogP contribution in [-0.2, 0) is 9.63 Å². The summed E-state index contributed by atoms with van der Waals surface area (Å²) in [4.78, 5) is 17.1. The predicted molar refractivity (Wildman–Crippen MR) is 70.3 cm³/mol. The van der Waals surface area contributed by atoms with E-state index in [1.54, 1.807) is 31.2 Å². The average molecular weight is 262 g/mol. The number of nitrogens with one attached hydrogen (secondary N) is 1. The van der Waals surface area contributed by atoms with Crippen molar-refractivity contribution in [1.82, 2.24) is 5.32 Å². The molecule has 1 unspecified atom stereocenters. The Balaban J connectivity index is 2.12. The molecule has 100 valence electrons. The summed E-state index contributed by atoms with van der Waals surface area (Å²) < 4.78 is 13.6. The van der Waals surface area contributed by atoms with Crippen LogP contribution < -0.4 is 5.32 Å². The Kier molecular flexibility index (Phi) is 3.64. The maximum absolute atomic E-state index is 13.6. The third kappa shape index (κ3) is 2.65. The third-order valence-corrected chi connectivity index (χ3v) is 2.93. The summed E-state index contributed by atoms with van der Waals surface area (Å²) in [7, 11) is 0. The smallest absolute Gasteiger partial charge is 0.267 e. The monoisotopic (exact) mass is 262 g/mol. The molecule has 0 spiro atoms. The molecule has 0 saturated heterocycles. The second-order valence-corrected chi connectivity index (χ2v) is 4.52. The molecule has 1 amide bonds. The van der Waals surface area contributed by atoms with Gasteiger partial charge in [0.1, 0.15) is 5.82 Å². The second kappa shape index (κ2) is 5.22. The van der Waals surface area contributed by atoms with E-state index in [1.165, 1.54) is 6.07 Å². The zero-order chi connectivity index (χ0) is 13.9. The molecule has 0 bridgehead atoms. The van der Waals surface area contributed by atoms with Crippen LogP contribution in [0.25, 0.3) is 0 Å². The molecular weight excluding hydrogens is 247 g/mol. The van der Waals surface area contributed by atoms with E-state index in [1.807, 2.05) is 0 Å². The molecule has 5 heteroatoms. The third-order valence-electron chi connectivity index (χ3n) is 2.93. The molecule has 0 aliphatic carbocycles. The molecular formula is C14H15FN2O2. The van der Waals surface area contributed by atoms with E-state index in [0.717, 1.165) is 0 Å². The molecule has 0 saturated carbocycles. The minimum Gasteiger partial charge on any atom is -0.379 e. The van der Waals surface area contributed by atoms with E-state index in [0.29, 0.717) is 17.8 Å². The van der Waals surface area contributed by atoms with Gasteiger partial charge in [-0.1, -0.05) is 29.4 Å². The zero-order valence-electron chi connectivity index (χ0n) is 10.6. The fraction of sp³-hybridized carbons (Fsp3) is 0.286. The van der Waals surface area contributed by atoms with Gasteiger partial charge in [0.2, 0.25) is 5.60 Å². The summed E-state index contributed by atoms with van der Waals surface area (Å²) in [5.74, 6) is -0.664. The molecule has 1 aromatic carbocycles. The first-order chi connectivity index (χ1) is 9.07. The van der Waals surface area contributed by atoms with Gasteiger partial charge in [-0.25, -0.2) is 4.39 Å². The van der Waals surface area contributed by atoms with Crippen molar-refractivity contribution in [2.45, 2.75) is 18.9 Å². The van der Waals surface area contributed by atoms with Crippen molar-refractivity contribution in [3.63, 3.8) is 0 Å². The van der Waals surface area contributed by atoms with Gasteiger partial charge >= 0.3 is 0 Å². The number of amides is 1. The van der Waals surface area contributed by atoms with Crippen LogP contribution in [0.2, 0.25) is 0 Å². The number of carbonyl (C=O) groups excluding carboxylic acids is 1. The number of hydrogen-bond acceptors (Lipinski definition) is 3. The molecule has 4 nitrogen and oxygen atoms in total. The molecule has 19 heavy (non-hydrogen) atoms. The highest BCUT2D eigenvalue weighted by molar-refractivity contribution is 6.05. The SMILES string of the molecule is C=CCNC(=O)C1(C)CC(c2ccccc2F)=NO1. The highest BCUT2D eigenvalue weighted by atomic mass is 19.1. The summed E-state index contributed by atoms with van der Waals surface area (Å²) in [6, 6.07) is 6.29. The number of rotatable bonds is 4. The molecule has 1 heterocycles. The minimum absolute atomic E-state index is 0.233. The number of oxime groups is 1. The van der Waals surface area contributed by atoms with Crippen molar-refractivity contribution >= 4 is 11.6 Å². The minimum atomic E-state index is -1.10. The molecule has 2 rings (SSSR count). The number of hydrogen-bond donors (Lipinski definition) is 1. The topological polar surface area (TPSA) is 50.7 Å². The number of carbonyl (C=O) groups is 1. The van der Waals surface area contributed by atoms with Crippen LogP contribution in [0.3, 0.4) is 0 Å². The highest BCUT2D eigenvalue weighted by Gasteiger charge is 2.42. The van der Waals surface area contributed by atoms with Gasteiger partial charge in [0.25, 0.3) is 5.91 Å². The Morgan fingerprint density at radius 1 is 1.63 bits per heavy atom. The molecule has 1 atom stereocenters. The first-order valence-corrected chi connectivity index (χ1v) is 5.96. The van der Waals surface area contributed by atoms with Crippen LogP contribution in [0.15, 0.2) is 42.1 Å². The maximum atomic E-state index is 13.6. The van der Waals surface area contributed by atoms with E-state index >= 15 is 0 Å². The molecule has 0 radical (unpaired) electrons. The Bertz CT molecular complexity index is 542. The lowest BCUT2D eigenvalue weighted by Crippen LogP contribution is -2.44. The summed E-state index contributed by atoms with van der Waals surface area (Å²) >= 11 is 0. The lowest BCUT2D eigenvalue weighted by Gasteiger charge is -2.19. The fourth-order valence-electron chi connectivity index (χ4n) is 1.85. The van der Waals surface area contributed by atoms with E-state index in [9.17, 15) is 9.18 Å². The largest absolute Gasteiger partial charge is 0.379 e. The van der Waals surface area contributed by atoms with Crippen LogP contribution in [0.4, 0.5) is 4.39 Å². The van der Waals surface area contributed by atoms with Crippen molar-refractivity contribution in [3.8, 4) is 0 Å². The molecule has 0 fully saturated rings. The second-order valence-electron chi connectivity index (χ2n) is 4.52. The number of benzene rings is 1. The quantitative estimate of drug-likeness (QED) is 0.844. The molecule has 1 N–H and O–H groups in total. The van der Waals surface area contributed by atoms with Crippen molar-refractivity contribution < 1.29 is 14.0 Å². The van der Waals surface area contributed by atoms with Gasteiger partial charge < -0.3 is 10.2 Å². The normalized spacial score (nSPS) is 21.5. The van der Waals surface area contributed by atoms with Gasteiger partial charge in [-0.3, -0.25) is 4.79 Å². The lowest BCUT2D eigenvalue weighted by molar-refractivity contribution is -0.141. The Labute approximate surface area is 110 Å². The van der Waals surface area contributed by atoms with Crippen molar-refractivity contribution in [2.24, 2.45) is 5.16 Å². The van der Waals surface area contributed by atoms with Gasteiger partial charge in [-0.15, -0.1) is 6.58 Å². The lowest BCUT2D eigenvalue weighted by atomic mass is 9.95. The summed E-state index contributed by atoms with van der Waals surface area (Å²) in [6.07, 6.45) is 1.81. The van der Waals surface area contributed by atoms with Gasteiger partial charge in [0.05, 0.1) is 5.71 Å². The standard InChI is InChI=1S/C14H15FN2O2/c1-3-8-16-13(18)14(2)9-12(17-19-14)10-6-4-5-7-11(10)15/h3-7H,1,8-9H2,2H3,(H,16,18). The van der Waals surface area contributed by atoms with Gasteiger partial charge in [-0.2, -0.15) is 0 Å². The van der Waals surface area contributed by atoms with E-state index in [2.05, 4.69) is 17.1 Å². The first kappa shape index (κ1) is 13.3. The van der Waals surface area contributed by atoms with Crippen molar-refractivity contribution in [3.05, 3.63) is 48.3 Å². The van der Waals surface area contributed by atoms with Gasteiger partial charge in [0, 0.05) is 18.5 Å². The molecule has 1 aliphatic rings. The summed E-state index contributed by atoms with van der Waals surface area (Å²) in [5.41, 5.74) is -0.294. The maximum Gasteiger partial charge on any atom is 0.267 e. The highest BCUT2D eigenvalue weighted by Crippen LogP contribution is 2.27. The van der Waals surface area contributed by atoms with Gasteiger partial charge in [0.15, 0.2) is 0 Å². The van der Waals surface area contributed by atoms with Crippen LogP contribution >= 0.6 is 0 Å². The Morgan fingerprint density at radius 3 is 3.05 bits per heavy atom. The van der Waals surface area contributed by atoms with Crippen LogP contribution in [-0.4, -0.2) is 23.8 Å². The van der Waals surface area contributed by atoms with E-state index in [4.69, 9.17) is 4.84 Å². The number of halogens is 1. The average Bonchev–Trinajstić information content (AvgIpc) is 2.80. The van der Waals surface area contributed by atoms with Crippen LogP contribution in [0, 0.1) is 5.82 Å². The number of nitrogens with zero attached hydrogens (tertiary/aromatic N) is 1. The van der Waals surface area contributed by atoms with Crippen LogP contribution in [0.1, 0.15) is 18.9 Å². The summed E-state index contributed by atoms with van der Waals surface area (Å²) in [6.45, 7) is 5.50. The predicted octanol–water partition coefficient (Wildman–Crippen LogP) is 2.01. The van der Waals surface area contributed by atoms with Crippen molar-refractivity contribution in [1.29, 1.82) is 0 Å². The molecule has 1 aromatic rings. The van der Waals surface area contributed by atoms with Crippen molar-refractivity contribution in [2.75, 3.05) is 6.54 Å². The fourth-order valence-corrected chi connectivity index (χ4v) is 1.85. The van der Waals surface area contributed by atoms with E-state index in [-0.39, 0.29) is 18.1 Å². The Morgan fingerprint density at radius 2 is 2.37 bits per heavy atom. The molecule has 1 aliphatic heterocycles. The first-order valence-electron chi connectivity index (χ1n) is 5.96. The molecule has 0 aromatic heterocycles. The Hall–Kier alpha value is -2.17.